The smallest absolute Gasteiger partial charge is 0.315 e. The van der Waals surface area contributed by atoms with Crippen LogP contribution in [0.15, 0.2) is 48.7 Å². The molecule has 5 nitrogen and oxygen atoms in total. The van der Waals surface area contributed by atoms with E-state index >= 15 is 0 Å². The van der Waals surface area contributed by atoms with E-state index in [9.17, 15) is 9.18 Å². The summed E-state index contributed by atoms with van der Waals surface area (Å²) in [6, 6.07) is 10.9. The second kappa shape index (κ2) is 8.40. The standard InChI is InChI=1S/C18H22FN3O2/c1-12(16-10-6-7-11-20-16)21-18(23)22-13(2)17(24-3)14-8-4-5-9-15(14)19/h4-13,17H,1-3H3,(H2,21,22,23)/t12-,13+,17+/m1/s1. The number of carbonyl (C=O) groups is 1. The lowest BCUT2D eigenvalue weighted by Crippen LogP contribution is -2.44. The van der Waals surface area contributed by atoms with Crippen LogP contribution < -0.4 is 10.6 Å². The predicted molar refractivity (Wildman–Crippen MR) is 89.9 cm³/mol. The number of hydrogen-bond donors (Lipinski definition) is 2. The third-order valence-corrected chi connectivity index (χ3v) is 3.76. The van der Waals surface area contributed by atoms with Gasteiger partial charge in [-0.3, -0.25) is 4.98 Å². The minimum absolute atomic E-state index is 0.243. The van der Waals surface area contributed by atoms with Crippen LogP contribution in [-0.4, -0.2) is 24.2 Å². The third kappa shape index (κ3) is 4.52. The highest BCUT2D eigenvalue weighted by Gasteiger charge is 2.23. The van der Waals surface area contributed by atoms with Gasteiger partial charge in [-0.2, -0.15) is 0 Å². The molecule has 2 aromatic rings. The molecule has 2 rings (SSSR count). The van der Waals surface area contributed by atoms with Crippen molar-refractivity contribution in [1.82, 2.24) is 15.6 Å². The second-order valence-electron chi connectivity index (χ2n) is 5.56. The first kappa shape index (κ1) is 17.9. The number of rotatable bonds is 6. The van der Waals surface area contributed by atoms with Crippen molar-refractivity contribution in [3.8, 4) is 0 Å². The molecule has 0 unspecified atom stereocenters. The van der Waals surface area contributed by atoms with Crippen LogP contribution in [0.1, 0.15) is 37.3 Å². The van der Waals surface area contributed by atoms with Gasteiger partial charge in [0.1, 0.15) is 11.9 Å². The molecule has 1 aromatic carbocycles. The molecule has 6 heteroatoms. The molecule has 0 aliphatic rings. The van der Waals surface area contributed by atoms with E-state index in [1.54, 1.807) is 31.3 Å². The second-order valence-corrected chi connectivity index (χ2v) is 5.56. The average Bonchev–Trinajstić information content (AvgIpc) is 2.57. The fourth-order valence-electron chi connectivity index (χ4n) is 2.53. The van der Waals surface area contributed by atoms with Crippen LogP contribution in [0.3, 0.4) is 0 Å². The van der Waals surface area contributed by atoms with Gasteiger partial charge in [0.05, 0.1) is 17.8 Å². The maximum Gasteiger partial charge on any atom is 0.315 e. The fraction of sp³-hybridized carbons (Fsp3) is 0.333. The number of ether oxygens (including phenoxy) is 1. The molecular weight excluding hydrogens is 309 g/mol. The molecule has 0 aliphatic carbocycles. The molecule has 128 valence electrons. The Morgan fingerprint density at radius 3 is 2.46 bits per heavy atom. The molecule has 0 fully saturated rings. The van der Waals surface area contributed by atoms with Gasteiger partial charge >= 0.3 is 6.03 Å². The van der Waals surface area contributed by atoms with Gasteiger partial charge in [-0.05, 0) is 32.0 Å². The van der Waals surface area contributed by atoms with Gasteiger partial charge < -0.3 is 15.4 Å². The van der Waals surface area contributed by atoms with E-state index in [1.165, 1.54) is 13.2 Å². The van der Waals surface area contributed by atoms with Gasteiger partial charge in [0.25, 0.3) is 0 Å². The highest BCUT2D eigenvalue weighted by Crippen LogP contribution is 2.23. The maximum atomic E-state index is 13.9. The summed E-state index contributed by atoms with van der Waals surface area (Å²) in [5.74, 6) is -0.361. The van der Waals surface area contributed by atoms with E-state index in [0.29, 0.717) is 5.56 Å². The number of pyridine rings is 1. The third-order valence-electron chi connectivity index (χ3n) is 3.76. The van der Waals surface area contributed by atoms with Crippen molar-refractivity contribution in [2.75, 3.05) is 7.11 Å². The van der Waals surface area contributed by atoms with Crippen molar-refractivity contribution in [1.29, 1.82) is 0 Å². The van der Waals surface area contributed by atoms with Crippen LogP contribution >= 0.6 is 0 Å². The minimum atomic E-state index is -0.581. The van der Waals surface area contributed by atoms with Crippen molar-refractivity contribution in [2.45, 2.75) is 32.0 Å². The first-order chi connectivity index (χ1) is 11.5. The van der Waals surface area contributed by atoms with Crippen molar-refractivity contribution >= 4 is 6.03 Å². The zero-order chi connectivity index (χ0) is 17.5. The average molecular weight is 331 g/mol. The van der Waals surface area contributed by atoms with Crippen molar-refractivity contribution in [3.63, 3.8) is 0 Å². The maximum absolute atomic E-state index is 13.9. The van der Waals surface area contributed by atoms with Crippen LogP contribution in [0.5, 0.6) is 0 Å². The normalized spacial score (nSPS) is 14.5. The number of nitrogens with zero attached hydrogens (tertiary/aromatic N) is 1. The number of hydrogen-bond acceptors (Lipinski definition) is 3. The van der Waals surface area contributed by atoms with Crippen LogP contribution in [0, 0.1) is 5.82 Å². The van der Waals surface area contributed by atoms with Gasteiger partial charge in [0, 0.05) is 18.9 Å². The lowest BCUT2D eigenvalue weighted by molar-refractivity contribution is 0.0731. The zero-order valence-electron chi connectivity index (χ0n) is 14.0. The number of benzene rings is 1. The molecule has 0 bridgehead atoms. The molecule has 0 radical (unpaired) electrons. The molecule has 24 heavy (non-hydrogen) atoms. The Labute approximate surface area is 141 Å². The van der Waals surface area contributed by atoms with Crippen molar-refractivity contribution in [2.24, 2.45) is 0 Å². The van der Waals surface area contributed by atoms with Gasteiger partial charge in [-0.25, -0.2) is 9.18 Å². The zero-order valence-corrected chi connectivity index (χ0v) is 14.0. The van der Waals surface area contributed by atoms with Gasteiger partial charge in [-0.15, -0.1) is 0 Å². The topological polar surface area (TPSA) is 63.2 Å². The quantitative estimate of drug-likeness (QED) is 0.853. The Hall–Kier alpha value is -2.47. The molecule has 0 saturated heterocycles. The van der Waals surface area contributed by atoms with Gasteiger partial charge in [-0.1, -0.05) is 24.3 Å². The number of aromatic nitrogens is 1. The number of carbonyl (C=O) groups excluding carboxylic acids is 1. The molecule has 0 saturated carbocycles. The minimum Gasteiger partial charge on any atom is -0.375 e. The van der Waals surface area contributed by atoms with E-state index in [2.05, 4.69) is 15.6 Å². The molecule has 3 atom stereocenters. The summed E-state index contributed by atoms with van der Waals surface area (Å²) in [7, 11) is 1.49. The van der Waals surface area contributed by atoms with Crippen LogP contribution in [0.25, 0.3) is 0 Å². The molecular formula is C18H22FN3O2. The predicted octanol–water partition coefficient (Wildman–Crippen LogP) is 3.36. The lowest BCUT2D eigenvalue weighted by Gasteiger charge is -2.25. The fourth-order valence-corrected chi connectivity index (χ4v) is 2.53. The molecule has 0 spiro atoms. The highest BCUT2D eigenvalue weighted by molar-refractivity contribution is 5.74. The van der Waals surface area contributed by atoms with E-state index in [-0.39, 0.29) is 17.9 Å². The van der Waals surface area contributed by atoms with E-state index < -0.39 is 12.1 Å². The Morgan fingerprint density at radius 2 is 1.83 bits per heavy atom. The Morgan fingerprint density at radius 1 is 1.12 bits per heavy atom. The van der Waals surface area contributed by atoms with Gasteiger partial charge in [0.2, 0.25) is 0 Å². The molecule has 1 heterocycles. The number of amides is 2. The Balaban J connectivity index is 1.98. The first-order valence-electron chi connectivity index (χ1n) is 7.78. The summed E-state index contributed by atoms with van der Waals surface area (Å²) in [4.78, 5) is 16.4. The van der Waals surface area contributed by atoms with E-state index in [0.717, 1.165) is 5.69 Å². The number of methoxy groups -OCH3 is 1. The van der Waals surface area contributed by atoms with Crippen LogP contribution in [0.2, 0.25) is 0 Å². The van der Waals surface area contributed by atoms with Crippen LogP contribution in [0.4, 0.5) is 9.18 Å². The van der Waals surface area contributed by atoms with E-state index in [1.807, 2.05) is 25.1 Å². The number of urea groups is 1. The molecule has 2 amide bonds. The summed E-state index contributed by atoms with van der Waals surface area (Å²) in [5.41, 5.74) is 1.17. The van der Waals surface area contributed by atoms with E-state index in [4.69, 9.17) is 4.74 Å². The highest BCUT2D eigenvalue weighted by atomic mass is 19.1. The number of nitrogens with one attached hydrogen (secondary N) is 2. The largest absolute Gasteiger partial charge is 0.375 e. The summed E-state index contributed by atoms with van der Waals surface area (Å²) >= 11 is 0. The number of halogens is 1. The summed E-state index contributed by atoms with van der Waals surface area (Å²) < 4.78 is 19.3. The lowest BCUT2D eigenvalue weighted by atomic mass is 10.0. The monoisotopic (exact) mass is 331 g/mol. The summed E-state index contributed by atoms with van der Waals surface area (Å²) in [6.45, 7) is 3.61. The van der Waals surface area contributed by atoms with Crippen molar-refractivity contribution < 1.29 is 13.9 Å². The molecule has 1 aromatic heterocycles. The van der Waals surface area contributed by atoms with Gasteiger partial charge in [0.15, 0.2) is 0 Å². The summed E-state index contributed by atoms with van der Waals surface area (Å²) in [6.07, 6.45) is 1.09. The Kier molecular flexibility index (Phi) is 6.26. The van der Waals surface area contributed by atoms with Crippen molar-refractivity contribution in [3.05, 3.63) is 65.7 Å². The first-order valence-corrected chi connectivity index (χ1v) is 7.78. The molecule has 0 aliphatic heterocycles. The van der Waals surface area contributed by atoms with Crippen LogP contribution in [-0.2, 0) is 4.74 Å². The molecule has 2 N–H and O–H groups in total. The summed E-state index contributed by atoms with van der Waals surface area (Å²) in [5, 5.41) is 5.60. The Bertz CT molecular complexity index is 666. The SMILES string of the molecule is CO[C@H](c1ccccc1F)[C@H](C)NC(=O)N[C@H](C)c1ccccn1.